The molecule has 0 aromatic carbocycles. The van der Waals surface area contributed by atoms with E-state index < -0.39 is 0 Å². The predicted molar refractivity (Wildman–Crippen MR) is 63.2 cm³/mol. The quantitative estimate of drug-likeness (QED) is 0.853. The number of pyridine rings is 1. The number of hydrogen-bond acceptors (Lipinski definition) is 3. The molecule has 1 unspecified atom stereocenters. The molecule has 0 spiro atoms. The highest BCUT2D eigenvalue weighted by molar-refractivity contribution is 5.23. The van der Waals surface area contributed by atoms with Crippen molar-refractivity contribution >= 4 is 0 Å². The molecule has 84 valence electrons. The standard InChI is InChI=1S/C13H16N2O/c1-3-14-13(12-5-4-8-16-12)11-9-10(2)6-7-15-11/h4-9,13-14H,3H2,1-2H3. The van der Waals surface area contributed by atoms with E-state index in [0.717, 1.165) is 18.0 Å². The number of nitrogens with zero attached hydrogens (tertiary/aromatic N) is 1. The van der Waals surface area contributed by atoms with Crippen LogP contribution in [0.3, 0.4) is 0 Å². The lowest BCUT2D eigenvalue weighted by atomic mass is 10.1. The molecule has 2 rings (SSSR count). The van der Waals surface area contributed by atoms with Crippen molar-refractivity contribution in [1.82, 2.24) is 10.3 Å². The Hall–Kier alpha value is -1.61. The summed E-state index contributed by atoms with van der Waals surface area (Å²) in [7, 11) is 0. The van der Waals surface area contributed by atoms with Crippen LogP contribution >= 0.6 is 0 Å². The minimum absolute atomic E-state index is 0.0416. The maximum atomic E-state index is 5.44. The molecule has 1 N–H and O–H groups in total. The van der Waals surface area contributed by atoms with Gasteiger partial charge in [0.25, 0.3) is 0 Å². The van der Waals surface area contributed by atoms with Crippen LogP contribution in [-0.4, -0.2) is 11.5 Å². The molecule has 3 heteroatoms. The molecule has 0 amide bonds. The molecular weight excluding hydrogens is 200 g/mol. The normalized spacial score (nSPS) is 12.6. The van der Waals surface area contributed by atoms with Gasteiger partial charge in [-0.3, -0.25) is 4.98 Å². The Balaban J connectivity index is 2.33. The first kappa shape index (κ1) is 10.9. The van der Waals surface area contributed by atoms with E-state index in [0.29, 0.717) is 0 Å². The fraction of sp³-hybridized carbons (Fsp3) is 0.308. The van der Waals surface area contributed by atoms with Gasteiger partial charge >= 0.3 is 0 Å². The van der Waals surface area contributed by atoms with Gasteiger partial charge in [0.1, 0.15) is 11.8 Å². The van der Waals surface area contributed by atoms with Gasteiger partial charge in [-0.05, 0) is 43.3 Å². The second-order valence-corrected chi connectivity index (χ2v) is 3.76. The van der Waals surface area contributed by atoms with E-state index in [1.54, 1.807) is 6.26 Å². The molecule has 0 fully saturated rings. The van der Waals surface area contributed by atoms with Crippen molar-refractivity contribution < 1.29 is 4.42 Å². The molecule has 2 aromatic heterocycles. The molecule has 0 radical (unpaired) electrons. The number of furan rings is 1. The van der Waals surface area contributed by atoms with E-state index in [4.69, 9.17) is 4.42 Å². The minimum atomic E-state index is 0.0416. The van der Waals surface area contributed by atoms with Gasteiger partial charge in [0.15, 0.2) is 0 Å². The monoisotopic (exact) mass is 216 g/mol. The number of nitrogens with one attached hydrogen (secondary N) is 1. The van der Waals surface area contributed by atoms with Crippen LogP contribution in [0, 0.1) is 6.92 Å². The Bertz CT molecular complexity index is 437. The summed E-state index contributed by atoms with van der Waals surface area (Å²) < 4.78 is 5.44. The third-order valence-electron chi connectivity index (χ3n) is 2.47. The fourth-order valence-electron chi connectivity index (χ4n) is 1.73. The maximum Gasteiger partial charge on any atom is 0.126 e. The lowest BCUT2D eigenvalue weighted by Gasteiger charge is -2.15. The zero-order valence-corrected chi connectivity index (χ0v) is 9.60. The molecule has 2 aromatic rings. The minimum Gasteiger partial charge on any atom is -0.467 e. The SMILES string of the molecule is CCNC(c1cc(C)ccn1)c1ccco1. The largest absolute Gasteiger partial charge is 0.467 e. The molecular formula is C13H16N2O. The van der Waals surface area contributed by atoms with Crippen LogP contribution in [0.15, 0.2) is 41.1 Å². The number of rotatable bonds is 4. The summed E-state index contributed by atoms with van der Waals surface area (Å²) in [6, 6.07) is 7.98. The van der Waals surface area contributed by atoms with Crippen LogP contribution in [0.25, 0.3) is 0 Å². The molecule has 0 saturated heterocycles. The summed E-state index contributed by atoms with van der Waals surface area (Å²) in [6.45, 7) is 5.02. The van der Waals surface area contributed by atoms with Gasteiger partial charge in [0.05, 0.1) is 12.0 Å². The number of aryl methyl sites for hydroxylation is 1. The van der Waals surface area contributed by atoms with Gasteiger partial charge in [-0.2, -0.15) is 0 Å². The highest BCUT2D eigenvalue weighted by Gasteiger charge is 2.16. The van der Waals surface area contributed by atoms with Crippen LogP contribution in [0.5, 0.6) is 0 Å². The lowest BCUT2D eigenvalue weighted by molar-refractivity contribution is 0.447. The second kappa shape index (κ2) is 4.94. The summed E-state index contributed by atoms with van der Waals surface area (Å²) in [5, 5.41) is 3.37. The summed E-state index contributed by atoms with van der Waals surface area (Å²) in [6.07, 6.45) is 3.52. The Morgan fingerprint density at radius 1 is 1.44 bits per heavy atom. The highest BCUT2D eigenvalue weighted by atomic mass is 16.3. The molecule has 2 heterocycles. The fourth-order valence-corrected chi connectivity index (χ4v) is 1.73. The summed E-state index contributed by atoms with van der Waals surface area (Å²) in [5.74, 6) is 0.903. The van der Waals surface area contributed by atoms with Crippen LogP contribution in [0.1, 0.15) is 30.0 Å². The summed E-state index contributed by atoms with van der Waals surface area (Å²) >= 11 is 0. The first-order valence-corrected chi connectivity index (χ1v) is 5.50. The molecule has 0 aliphatic rings. The van der Waals surface area contributed by atoms with Crippen LogP contribution < -0.4 is 5.32 Å². The van der Waals surface area contributed by atoms with Crippen LogP contribution in [0.2, 0.25) is 0 Å². The van der Waals surface area contributed by atoms with Crippen molar-refractivity contribution in [3.63, 3.8) is 0 Å². The summed E-state index contributed by atoms with van der Waals surface area (Å²) in [5.41, 5.74) is 2.20. The Morgan fingerprint density at radius 2 is 2.31 bits per heavy atom. The third-order valence-corrected chi connectivity index (χ3v) is 2.47. The second-order valence-electron chi connectivity index (χ2n) is 3.76. The van der Waals surface area contributed by atoms with E-state index in [1.165, 1.54) is 5.56 Å². The average molecular weight is 216 g/mol. The third kappa shape index (κ3) is 2.31. The van der Waals surface area contributed by atoms with Crippen LogP contribution in [0.4, 0.5) is 0 Å². The first-order chi connectivity index (χ1) is 7.81. The Labute approximate surface area is 95.5 Å². The first-order valence-electron chi connectivity index (χ1n) is 5.50. The molecule has 0 saturated carbocycles. The van der Waals surface area contributed by atoms with Gasteiger partial charge in [-0.25, -0.2) is 0 Å². The van der Waals surface area contributed by atoms with Gasteiger partial charge in [0.2, 0.25) is 0 Å². The average Bonchev–Trinajstić information content (AvgIpc) is 2.79. The highest BCUT2D eigenvalue weighted by Crippen LogP contribution is 2.21. The van der Waals surface area contributed by atoms with E-state index in [2.05, 4.69) is 30.2 Å². The van der Waals surface area contributed by atoms with E-state index in [9.17, 15) is 0 Å². The van der Waals surface area contributed by atoms with Gasteiger partial charge in [-0.1, -0.05) is 6.92 Å². The molecule has 0 aliphatic heterocycles. The van der Waals surface area contributed by atoms with Gasteiger partial charge in [-0.15, -0.1) is 0 Å². The van der Waals surface area contributed by atoms with E-state index >= 15 is 0 Å². The van der Waals surface area contributed by atoms with Crippen molar-refractivity contribution in [2.75, 3.05) is 6.54 Å². The van der Waals surface area contributed by atoms with Crippen molar-refractivity contribution in [1.29, 1.82) is 0 Å². The number of aromatic nitrogens is 1. The topological polar surface area (TPSA) is 38.1 Å². The van der Waals surface area contributed by atoms with Crippen molar-refractivity contribution in [3.05, 3.63) is 53.7 Å². The van der Waals surface area contributed by atoms with Gasteiger partial charge < -0.3 is 9.73 Å². The molecule has 3 nitrogen and oxygen atoms in total. The van der Waals surface area contributed by atoms with Crippen LogP contribution in [-0.2, 0) is 0 Å². The molecule has 0 bridgehead atoms. The van der Waals surface area contributed by atoms with E-state index in [-0.39, 0.29) is 6.04 Å². The smallest absolute Gasteiger partial charge is 0.126 e. The van der Waals surface area contributed by atoms with Crippen molar-refractivity contribution in [2.45, 2.75) is 19.9 Å². The Kier molecular flexibility index (Phi) is 3.37. The summed E-state index contributed by atoms with van der Waals surface area (Å²) in [4.78, 5) is 4.39. The molecule has 0 aliphatic carbocycles. The van der Waals surface area contributed by atoms with Crippen molar-refractivity contribution in [2.24, 2.45) is 0 Å². The Morgan fingerprint density at radius 3 is 2.94 bits per heavy atom. The molecule has 16 heavy (non-hydrogen) atoms. The predicted octanol–water partition coefficient (Wildman–Crippen LogP) is 2.68. The number of hydrogen-bond donors (Lipinski definition) is 1. The zero-order valence-electron chi connectivity index (χ0n) is 9.60. The van der Waals surface area contributed by atoms with Gasteiger partial charge in [0, 0.05) is 6.20 Å². The van der Waals surface area contributed by atoms with Crippen molar-refractivity contribution in [3.8, 4) is 0 Å². The van der Waals surface area contributed by atoms with E-state index in [1.807, 2.05) is 24.4 Å². The maximum absolute atomic E-state index is 5.44. The lowest BCUT2D eigenvalue weighted by Crippen LogP contribution is -2.22. The molecule has 1 atom stereocenters. The zero-order chi connectivity index (χ0) is 11.4.